The van der Waals surface area contributed by atoms with E-state index < -0.39 is 4.92 Å². The predicted molar refractivity (Wildman–Crippen MR) is 69.1 cm³/mol. The number of anilines is 1. The number of nitrogens with zero attached hydrogens (tertiary/aromatic N) is 4. The number of nitro groups is 1. The fourth-order valence-electron chi connectivity index (χ4n) is 2.03. The van der Waals surface area contributed by atoms with Gasteiger partial charge in [0.15, 0.2) is 0 Å². The van der Waals surface area contributed by atoms with Crippen molar-refractivity contribution in [3.05, 3.63) is 39.7 Å². The summed E-state index contributed by atoms with van der Waals surface area (Å²) in [5.74, 6) is 0. The van der Waals surface area contributed by atoms with Crippen LogP contribution in [0.3, 0.4) is 0 Å². The van der Waals surface area contributed by atoms with E-state index in [-0.39, 0.29) is 5.69 Å². The van der Waals surface area contributed by atoms with E-state index in [0.29, 0.717) is 5.69 Å². The number of rotatable bonds is 2. The molecule has 0 unspecified atom stereocenters. The zero-order chi connectivity index (χ0) is 13.1. The van der Waals surface area contributed by atoms with Crippen LogP contribution in [0.25, 0.3) is 4.85 Å². The summed E-state index contributed by atoms with van der Waals surface area (Å²) in [6.07, 6.45) is 0. The Morgan fingerprint density at radius 2 is 2.00 bits per heavy atom. The standard InChI is InChI=1S/C12H14N4O2/c1-13-11-9-10(16(17)18)3-4-12(11)15-7-5-14(2)6-8-15/h3-4,9H,5-8H2,2H3. The Morgan fingerprint density at radius 1 is 1.33 bits per heavy atom. The van der Waals surface area contributed by atoms with Crippen LogP contribution in [-0.2, 0) is 0 Å². The Bertz CT molecular complexity index is 501. The molecule has 0 spiro atoms. The Kier molecular flexibility index (Phi) is 3.44. The van der Waals surface area contributed by atoms with Gasteiger partial charge in [0.2, 0.25) is 5.69 Å². The highest BCUT2D eigenvalue weighted by molar-refractivity contribution is 5.74. The van der Waals surface area contributed by atoms with Crippen molar-refractivity contribution >= 4 is 17.1 Å². The van der Waals surface area contributed by atoms with Crippen molar-refractivity contribution in [3.8, 4) is 0 Å². The van der Waals surface area contributed by atoms with Crippen molar-refractivity contribution in [3.63, 3.8) is 0 Å². The van der Waals surface area contributed by atoms with E-state index in [0.717, 1.165) is 31.9 Å². The van der Waals surface area contributed by atoms with Gasteiger partial charge in [-0.3, -0.25) is 10.1 Å². The first kappa shape index (κ1) is 12.3. The van der Waals surface area contributed by atoms with Crippen LogP contribution < -0.4 is 4.90 Å². The average Bonchev–Trinajstić information content (AvgIpc) is 2.39. The first-order chi connectivity index (χ1) is 8.61. The maximum Gasteiger partial charge on any atom is 0.259 e. The van der Waals surface area contributed by atoms with Gasteiger partial charge in [0.05, 0.1) is 11.5 Å². The molecule has 1 aromatic carbocycles. The van der Waals surface area contributed by atoms with Crippen LogP contribution in [0, 0.1) is 16.7 Å². The van der Waals surface area contributed by atoms with Crippen LogP contribution in [0.5, 0.6) is 0 Å². The number of hydrogen-bond acceptors (Lipinski definition) is 4. The molecule has 1 saturated heterocycles. The van der Waals surface area contributed by atoms with Gasteiger partial charge >= 0.3 is 0 Å². The molecule has 0 atom stereocenters. The number of benzene rings is 1. The molecule has 0 N–H and O–H groups in total. The smallest absolute Gasteiger partial charge is 0.259 e. The molecule has 1 fully saturated rings. The first-order valence-electron chi connectivity index (χ1n) is 5.71. The summed E-state index contributed by atoms with van der Waals surface area (Å²) in [7, 11) is 2.06. The molecule has 0 amide bonds. The van der Waals surface area contributed by atoms with Gasteiger partial charge in [0, 0.05) is 44.0 Å². The van der Waals surface area contributed by atoms with Gasteiger partial charge in [-0.05, 0) is 13.1 Å². The lowest BCUT2D eigenvalue weighted by molar-refractivity contribution is -0.384. The molecule has 18 heavy (non-hydrogen) atoms. The predicted octanol–water partition coefficient (Wildman–Crippen LogP) is 1.90. The maximum atomic E-state index is 10.7. The Hall–Kier alpha value is -2.13. The largest absolute Gasteiger partial charge is 0.378 e. The molecule has 6 nitrogen and oxygen atoms in total. The zero-order valence-corrected chi connectivity index (χ0v) is 10.2. The Morgan fingerprint density at radius 3 is 2.56 bits per heavy atom. The second-order valence-corrected chi connectivity index (χ2v) is 4.33. The maximum absolute atomic E-state index is 10.7. The van der Waals surface area contributed by atoms with Crippen LogP contribution >= 0.6 is 0 Å². The van der Waals surface area contributed by atoms with Crippen LogP contribution in [0.1, 0.15) is 0 Å². The van der Waals surface area contributed by atoms with Crippen molar-refractivity contribution in [1.29, 1.82) is 0 Å². The topological polar surface area (TPSA) is 54.0 Å². The van der Waals surface area contributed by atoms with Crippen molar-refractivity contribution in [1.82, 2.24) is 4.90 Å². The highest BCUT2D eigenvalue weighted by Crippen LogP contribution is 2.33. The summed E-state index contributed by atoms with van der Waals surface area (Å²) in [6, 6.07) is 4.49. The van der Waals surface area contributed by atoms with E-state index in [1.165, 1.54) is 12.1 Å². The SMILES string of the molecule is [C-]#[N+]c1cc([N+](=O)[O-])ccc1N1CCN(C)CC1. The van der Waals surface area contributed by atoms with E-state index in [4.69, 9.17) is 6.57 Å². The molecule has 1 aliphatic rings. The molecule has 0 bridgehead atoms. The molecule has 0 radical (unpaired) electrons. The van der Waals surface area contributed by atoms with Gasteiger partial charge in [-0.1, -0.05) is 0 Å². The number of nitro benzene ring substituents is 1. The lowest BCUT2D eigenvalue weighted by atomic mass is 10.2. The molecular weight excluding hydrogens is 232 g/mol. The van der Waals surface area contributed by atoms with Gasteiger partial charge in [0.25, 0.3) is 5.69 Å². The quantitative estimate of drug-likeness (QED) is 0.454. The van der Waals surface area contributed by atoms with E-state index in [1.807, 2.05) is 0 Å². The summed E-state index contributed by atoms with van der Waals surface area (Å²) in [5, 5.41) is 10.7. The minimum absolute atomic E-state index is 0.0288. The second-order valence-electron chi connectivity index (χ2n) is 4.33. The Balaban J connectivity index is 2.28. The van der Waals surface area contributed by atoms with Gasteiger partial charge in [-0.2, -0.15) is 0 Å². The van der Waals surface area contributed by atoms with Crippen LogP contribution in [0.4, 0.5) is 17.1 Å². The summed E-state index contributed by atoms with van der Waals surface area (Å²) < 4.78 is 0. The first-order valence-corrected chi connectivity index (χ1v) is 5.71. The third-order valence-corrected chi connectivity index (χ3v) is 3.13. The number of non-ortho nitro benzene ring substituents is 1. The van der Waals surface area contributed by atoms with E-state index >= 15 is 0 Å². The minimum Gasteiger partial charge on any atom is -0.378 e. The second kappa shape index (κ2) is 5.02. The molecule has 2 rings (SSSR count). The molecule has 1 heterocycles. The molecule has 6 heteroatoms. The van der Waals surface area contributed by atoms with Crippen molar-refractivity contribution in [2.75, 3.05) is 38.1 Å². The molecule has 94 valence electrons. The monoisotopic (exact) mass is 246 g/mol. The van der Waals surface area contributed by atoms with Gasteiger partial charge in [-0.15, -0.1) is 0 Å². The van der Waals surface area contributed by atoms with Crippen molar-refractivity contribution < 1.29 is 4.92 Å². The number of piperazine rings is 1. The van der Waals surface area contributed by atoms with Crippen molar-refractivity contribution in [2.45, 2.75) is 0 Å². The van der Waals surface area contributed by atoms with Crippen LogP contribution in [-0.4, -0.2) is 43.0 Å². The molecule has 0 aromatic heterocycles. The Labute approximate surface area is 105 Å². The molecule has 1 aromatic rings. The van der Waals surface area contributed by atoms with Crippen molar-refractivity contribution in [2.24, 2.45) is 0 Å². The minimum atomic E-state index is -0.470. The summed E-state index contributed by atoms with van der Waals surface area (Å²) >= 11 is 0. The number of hydrogen-bond donors (Lipinski definition) is 0. The third kappa shape index (κ3) is 2.41. The summed E-state index contributed by atoms with van der Waals surface area (Å²) in [6.45, 7) is 10.7. The van der Waals surface area contributed by atoms with Gasteiger partial charge in [-0.25, -0.2) is 4.85 Å². The molecule has 1 aliphatic heterocycles. The van der Waals surface area contributed by atoms with E-state index in [2.05, 4.69) is 21.7 Å². The molecular formula is C12H14N4O2. The normalized spacial score (nSPS) is 16.3. The third-order valence-electron chi connectivity index (χ3n) is 3.13. The number of likely N-dealkylation sites (N-methyl/N-ethyl adjacent to an activating group) is 1. The van der Waals surface area contributed by atoms with E-state index in [9.17, 15) is 10.1 Å². The lowest BCUT2D eigenvalue weighted by Gasteiger charge is -2.34. The fraction of sp³-hybridized carbons (Fsp3) is 0.417. The van der Waals surface area contributed by atoms with E-state index in [1.54, 1.807) is 6.07 Å². The fourth-order valence-corrected chi connectivity index (χ4v) is 2.03. The lowest BCUT2D eigenvalue weighted by Crippen LogP contribution is -2.44. The zero-order valence-electron chi connectivity index (χ0n) is 10.2. The summed E-state index contributed by atoms with van der Waals surface area (Å²) in [4.78, 5) is 17.9. The highest BCUT2D eigenvalue weighted by atomic mass is 16.6. The van der Waals surface area contributed by atoms with Crippen LogP contribution in [0.2, 0.25) is 0 Å². The van der Waals surface area contributed by atoms with Crippen LogP contribution in [0.15, 0.2) is 18.2 Å². The van der Waals surface area contributed by atoms with Gasteiger partial charge in [0.1, 0.15) is 0 Å². The highest BCUT2D eigenvalue weighted by Gasteiger charge is 2.19. The summed E-state index contributed by atoms with van der Waals surface area (Å²) in [5.41, 5.74) is 1.12. The molecule has 0 aliphatic carbocycles. The molecule has 0 saturated carbocycles. The van der Waals surface area contributed by atoms with Gasteiger partial charge < -0.3 is 9.80 Å². The average molecular weight is 246 g/mol.